The summed E-state index contributed by atoms with van der Waals surface area (Å²) in [5.41, 5.74) is -0.586. The van der Waals surface area contributed by atoms with Gasteiger partial charge in [-0.25, -0.2) is 4.98 Å². The third kappa shape index (κ3) is 3.66. The second-order valence-corrected chi connectivity index (χ2v) is 11.8. The maximum atomic E-state index is 15.7. The lowest BCUT2D eigenvalue weighted by Crippen LogP contribution is -2.43. The third-order valence-corrected chi connectivity index (χ3v) is 8.24. The van der Waals surface area contributed by atoms with Crippen LogP contribution in [0.4, 0.5) is 26.3 Å². The molecule has 0 amide bonds. The molecule has 2 heterocycles. The van der Waals surface area contributed by atoms with Gasteiger partial charge in [0.2, 0.25) is 0 Å². The highest BCUT2D eigenvalue weighted by Gasteiger charge is 2.80. The maximum Gasteiger partial charge on any atom is 0.380 e. The fourth-order valence-corrected chi connectivity index (χ4v) is 6.35. The topological polar surface area (TPSA) is 25.2 Å². The Hall–Kier alpha value is -2.72. The van der Waals surface area contributed by atoms with Gasteiger partial charge >= 0.3 is 17.8 Å². The first-order valence-electron chi connectivity index (χ1n) is 12.0. The number of aryl methyl sites for hydroxylation is 2. The third-order valence-electron chi connectivity index (χ3n) is 7.31. The Bertz CT molecular complexity index is 1700. The van der Waals surface area contributed by atoms with Gasteiger partial charge in [0.25, 0.3) is 0 Å². The van der Waals surface area contributed by atoms with E-state index in [9.17, 15) is 0 Å². The van der Waals surface area contributed by atoms with Gasteiger partial charge in [0.1, 0.15) is 9.55 Å². The summed E-state index contributed by atoms with van der Waals surface area (Å²) in [6, 6.07) is 14.8. The highest BCUT2D eigenvalue weighted by atomic mass is 79.9. The molecule has 0 bridgehead atoms. The average Bonchev–Trinajstić information content (AvgIpc) is 2.98. The van der Waals surface area contributed by atoms with Crippen molar-refractivity contribution in [3.05, 3.63) is 98.1 Å². The number of pyridine rings is 1. The molecule has 10 heteroatoms. The molecule has 1 aliphatic carbocycles. The molecular weight excluding hydrogens is 650 g/mol. The van der Waals surface area contributed by atoms with Crippen LogP contribution in [-0.2, 0) is 18.3 Å². The summed E-state index contributed by atoms with van der Waals surface area (Å²) in [7, 11) is 0. The number of fused-ring (bicyclic) bond motifs is 6. The number of aliphatic imine (C=N–C) groups is 1. The van der Waals surface area contributed by atoms with E-state index in [0.717, 1.165) is 11.1 Å². The highest BCUT2D eigenvalue weighted by molar-refractivity contribution is 9.10. The zero-order valence-electron chi connectivity index (χ0n) is 20.4. The monoisotopic (exact) mass is 666 g/mol. The minimum atomic E-state index is -5.67. The molecule has 0 saturated heterocycles. The van der Waals surface area contributed by atoms with Crippen molar-refractivity contribution in [2.75, 3.05) is 0 Å². The van der Waals surface area contributed by atoms with Crippen LogP contribution in [0, 0.1) is 13.8 Å². The Morgan fingerprint density at radius 1 is 0.795 bits per heavy atom. The van der Waals surface area contributed by atoms with Crippen LogP contribution in [0.3, 0.4) is 0 Å². The number of alkyl halides is 7. The van der Waals surface area contributed by atoms with Gasteiger partial charge < -0.3 is 0 Å². The Labute approximate surface area is 236 Å². The first kappa shape index (κ1) is 26.5. The van der Waals surface area contributed by atoms with Crippen molar-refractivity contribution in [1.82, 2.24) is 4.98 Å². The molecule has 0 N–H and O–H groups in total. The van der Waals surface area contributed by atoms with Crippen LogP contribution < -0.4 is 0 Å². The van der Waals surface area contributed by atoms with Crippen LogP contribution in [0.2, 0.25) is 0 Å². The summed E-state index contributed by atoms with van der Waals surface area (Å²) in [6.45, 7) is 3.65. The largest absolute Gasteiger partial charge is 0.380 e. The van der Waals surface area contributed by atoms with E-state index in [1.807, 2.05) is 13.8 Å². The van der Waals surface area contributed by atoms with Gasteiger partial charge in [-0.3, -0.25) is 4.99 Å². The van der Waals surface area contributed by atoms with Gasteiger partial charge in [-0.1, -0.05) is 75.6 Å². The molecule has 6 rings (SSSR count). The molecule has 2 aliphatic rings. The van der Waals surface area contributed by atoms with E-state index in [2.05, 4.69) is 41.8 Å². The van der Waals surface area contributed by atoms with Crippen molar-refractivity contribution in [3.8, 4) is 11.1 Å². The molecular formula is C29H18Br2F6N2. The lowest BCUT2D eigenvalue weighted by molar-refractivity contribution is -0.302. The number of halogens is 8. The molecule has 0 spiro atoms. The molecule has 2 nitrogen and oxygen atoms in total. The fourth-order valence-electron chi connectivity index (χ4n) is 5.41. The molecule has 4 aromatic rings. The fraction of sp³-hybridized carbons (Fsp3) is 0.241. The number of nitrogens with zero attached hydrogens (tertiary/aromatic N) is 2. The average molecular weight is 668 g/mol. The predicted octanol–water partition coefficient (Wildman–Crippen LogP) is 9.23. The van der Waals surface area contributed by atoms with Crippen LogP contribution in [-0.4, -0.2) is 21.6 Å². The molecule has 1 atom stereocenters. The van der Waals surface area contributed by atoms with Crippen molar-refractivity contribution in [1.29, 1.82) is 0 Å². The Kier molecular flexibility index (Phi) is 5.87. The Balaban J connectivity index is 1.84. The normalized spacial score (nSPS) is 20.5. The first-order valence-corrected chi connectivity index (χ1v) is 13.7. The summed E-state index contributed by atoms with van der Waals surface area (Å²) < 4.78 is 93.4. The molecule has 1 unspecified atom stereocenters. The zero-order valence-corrected chi connectivity index (χ0v) is 23.6. The van der Waals surface area contributed by atoms with Crippen LogP contribution in [0.5, 0.6) is 0 Å². The lowest BCUT2D eigenvalue weighted by atomic mass is 9.82. The van der Waals surface area contributed by atoms with Crippen LogP contribution in [0.1, 0.15) is 38.9 Å². The quantitative estimate of drug-likeness (QED) is 0.0906. The van der Waals surface area contributed by atoms with Crippen LogP contribution >= 0.6 is 31.9 Å². The minimum Gasteiger partial charge on any atom is -0.269 e. The zero-order chi connectivity index (χ0) is 28.1. The Morgan fingerprint density at radius 3 is 1.92 bits per heavy atom. The van der Waals surface area contributed by atoms with Gasteiger partial charge in [0.05, 0.1) is 11.2 Å². The molecule has 0 fully saturated rings. The smallest absolute Gasteiger partial charge is 0.269 e. The van der Waals surface area contributed by atoms with E-state index in [1.165, 1.54) is 6.07 Å². The molecule has 0 saturated carbocycles. The van der Waals surface area contributed by atoms with E-state index in [-0.39, 0.29) is 33.4 Å². The van der Waals surface area contributed by atoms with E-state index < -0.39 is 44.8 Å². The molecule has 200 valence electrons. The standard InChI is InChI=1S/C29H18Br2F6N2/c1-13-3-7-15(8-4-13)17-11-19(30)39-26-18-12-20(31)38-25(16-9-5-14(2)6-10-16)22(18)24-23(21(17)26)27(32,33)29(36,37)28(24,34)35/h3-11,20H,12H2,1-2H3. The van der Waals surface area contributed by atoms with Crippen LogP contribution in [0.25, 0.3) is 22.0 Å². The van der Waals surface area contributed by atoms with E-state index >= 15 is 26.3 Å². The highest BCUT2D eigenvalue weighted by Crippen LogP contribution is 2.66. The predicted molar refractivity (Wildman–Crippen MR) is 146 cm³/mol. The number of aromatic nitrogens is 1. The maximum absolute atomic E-state index is 15.7. The molecule has 1 aliphatic heterocycles. The summed E-state index contributed by atoms with van der Waals surface area (Å²) in [6.07, 6.45) is -0.0154. The van der Waals surface area contributed by atoms with E-state index in [1.54, 1.807) is 48.5 Å². The number of hydrogen-bond donors (Lipinski definition) is 0. The Morgan fingerprint density at radius 2 is 1.33 bits per heavy atom. The second kappa shape index (κ2) is 8.64. The molecule has 0 radical (unpaired) electrons. The summed E-state index contributed by atoms with van der Waals surface area (Å²) >= 11 is 6.75. The number of benzene rings is 3. The van der Waals surface area contributed by atoms with Crippen molar-refractivity contribution < 1.29 is 26.3 Å². The number of hydrogen-bond acceptors (Lipinski definition) is 2. The summed E-state index contributed by atoms with van der Waals surface area (Å²) in [4.78, 5) is 8.25. The first-order chi connectivity index (χ1) is 18.3. The van der Waals surface area contributed by atoms with E-state index in [4.69, 9.17) is 0 Å². The van der Waals surface area contributed by atoms with Gasteiger partial charge in [-0.2, -0.15) is 26.3 Å². The minimum absolute atomic E-state index is 0.0154. The van der Waals surface area contributed by atoms with Crippen molar-refractivity contribution in [2.24, 2.45) is 4.99 Å². The lowest BCUT2D eigenvalue weighted by Gasteiger charge is -2.28. The van der Waals surface area contributed by atoms with Crippen molar-refractivity contribution >= 4 is 48.5 Å². The van der Waals surface area contributed by atoms with Crippen molar-refractivity contribution in [3.63, 3.8) is 0 Å². The number of rotatable bonds is 2. The molecule has 3 aromatic carbocycles. The summed E-state index contributed by atoms with van der Waals surface area (Å²) in [5, 5.41) is -0.414. The van der Waals surface area contributed by atoms with Crippen LogP contribution in [0.15, 0.2) is 64.2 Å². The van der Waals surface area contributed by atoms with Gasteiger partial charge in [-0.05, 0) is 52.5 Å². The van der Waals surface area contributed by atoms with Gasteiger partial charge in [-0.15, -0.1) is 0 Å². The van der Waals surface area contributed by atoms with Crippen molar-refractivity contribution in [2.45, 2.75) is 43.0 Å². The molecule has 1 aromatic heterocycles. The van der Waals surface area contributed by atoms with Gasteiger partial charge in [0, 0.05) is 34.1 Å². The summed E-state index contributed by atoms with van der Waals surface area (Å²) in [5.74, 6) is -16.0. The molecule has 39 heavy (non-hydrogen) atoms. The SMILES string of the molecule is Cc1ccc(C2=NC(Br)Cc3c2c2c(c4c(-c5ccc(C)cc5)cc(Br)nc34)C(F)(F)C(F)(F)C2(F)F)cc1. The van der Waals surface area contributed by atoms with Gasteiger partial charge in [0.15, 0.2) is 0 Å². The second-order valence-electron chi connectivity index (χ2n) is 9.89. The van der Waals surface area contributed by atoms with E-state index in [0.29, 0.717) is 11.1 Å².